The molecule has 2 rings (SSSR count). The Morgan fingerprint density at radius 3 is 2.50 bits per heavy atom. The number of benzene rings is 1. The lowest BCUT2D eigenvalue weighted by Gasteiger charge is -2.49. The van der Waals surface area contributed by atoms with E-state index in [0.717, 1.165) is 12.2 Å². The molecule has 0 aliphatic heterocycles. The summed E-state index contributed by atoms with van der Waals surface area (Å²) >= 11 is 0. The SMILES string of the molecule is Cc1ccc(C(C)C)c(OC2CC(N)C2(C)C)c1. The lowest BCUT2D eigenvalue weighted by Crippen LogP contribution is -2.60. The number of hydrogen-bond donors (Lipinski definition) is 1. The Morgan fingerprint density at radius 2 is 2.00 bits per heavy atom. The van der Waals surface area contributed by atoms with Gasteiger partial charge in [0.2, 0.25) is 0 Å². The van der Waals surface area contributed by atoms with Crippen LogP contribution in [0.15, 0.2) is 18.2 Å². The Balaban J connectivity index is 2.21. The van der Waals surface area contributed by atoms with Gasteiger partial charge in [-0.25, -0.2) is 0 Å². The minimum Gasteiger partial charge on any atom is -0.489 e. The van der Waals surface area contributed by atoms with Crippen molar-refractivity contribution >= 4 is 0 Å². The van der Waals surface area contributed by atoms with Crippen molar-refractivity contribution in [3.63, 3.8) is 0 Å². The number of ether oxygens (including phenoxy) is 1. The van der Waals surface area contributed by atoms with Crippen molar-refractivity contribution in [3.05, 3.63) is 29.3 Å². The highest BCUT2D eigenvalue weighted by molar-refractivity contribution is 5.39. The molecule has 0 spiro atoms. The van der Waals surface area contributed by atoms with Crippen LogP contribution in [0.25, 0.3) is 0 Å². The fraction of sp³-hybridized carbons (Fsp3) is 0.625. The largest absolute Gasteiger partial charge is 0.489 e. The van der Waals surface area contributed by atoms with Crippen LogP contribution in [0.5, 0.6) is 5.75 Å². The van der Waals surface area contributed by atoms with Crippen LogP contribution in [-0.2, 0) is 0 Å². The third-order valence-corrected chi connectivity index (χ3v) is 4.31. The fourth-order valence-electron chi connectivity index (χ4n) is 2.49. The quantitative estimate of drug-likeness (QED) is 0.885. The van der Waals surface area contributed by atoms with Crippen LogP contribution >= 0.6 is 0 Å². The van der Waals surface area contributed by atoms with Crippen molar-refractivity contribution in [1.29, 1.82) is 0 Å². The highest BCUT2D eigenvalue weighted by atomic mass is 16.5. The van der Waals surface area contributed by atoms with E-state index in [4.69, 9.17) is 10.5 Å². The molecule has 0 radical (unpaired) electrons. The first kappa shape index (κ1) is 13.4. The molecule has 0 saturated heterocycles. The first-order valence-corrected chi connectivity index (χ1v) is 6.85. The molecule has 18 heavy (non-hydrogen) atoms. The van der Waals surface area contributed by atoms with E-state index in [1.807, 2.05) is 0 Å². The van der Waals surface area contributed by atoms with Gasteiger partial charge >= 0.3 is 0 Å². The molecule has 1 aliphatic rings. The summed E-state index contributed by atoms with van der Waals surface area (Å²) in [5, 5.41) is 0. The zero-order valence-corrected chi connectivity index (χ0v) is 12.2. The fourth-order valence-corrected chi connectivity index (χ4v) is 2.49. The third kappa shape index (κ3) is 2.26. The van der Waals surface area contributed by atoms with Crippen LogP contribution < -0.4 is 10.5 Å². The standard InChI is InChI=1S/C16H25NO/c1-10(2)12-7-6-11(3)8-13(12)18-15-9-14(17)16(15,4)5/h6-8,10,14-15H,9,17H2,1-5H3. The molecule has 1 aromatic rings. The molecule has 0 bridgehead atoms. The van der Waals surface area contributed by atoms with Crippen molar-refractivity contribution in [2.45, 2.75) is 59.1 Å². The van der Waals surface area contributed by atoms with Gasteiger partial charge in [-0.3, -0.25) is 0 Å². The maximum atomic E-state index is 6.23. The summed E-state index contributed by atoms with van der Waals surface area (Å²) in [6, 6.07) is 6.74. The molecule has 2 atom stereocenters. The van der Waals surface area contributed by atoms with Crippen LogP contribution in [0.1, 0.15) is 51.2 Å². The lowest BCUT2D eigenvalue weighted by molar-refractivity contribution is -0.0405. The minimum absolute atomic E-state index is 0.0813. The topological polar surface area (TPSA) is 35.2 Å². The summed E-state index contributed by atoms with van der Waals surface area (Å²) in [5.74, 6) is 1.52. The Hall–Kier alpha value is -1.02. The smallest absolute Gasteiger partial charge is 0.123 e. The molecule has 100 valence electrons. The molecule has 1 saturated carbocycles. The second kappa shape index (κ2) is 4.58. The zero-order chi connectivity index (χ0) is 13.5. The number of nitrogens with two attached hydrogens (primary N) is 1. The Morgan fingerprint density at radius 1 is 1.33 bits per heavy atom. The van der Waals surface area contributed by atoms with Gasteiger partial charge in [-0.2, -0.15) is 0 Å². The maximum absolute atomic E-state index is 6.23. The molecule has 2 heteroatoms. The van der Waals surface area contributed by atoms with Gasteiger partial charge in [-0.05, 0) is 30.0 Å². The van der Waals surface area contributed by atoms with Crippen molar-refractivity contribution in [3.8, 4) is 5.75 Å². The molecule has 1 fully saturated rings. The number of hydrogen-bond acceptors (Lipinski definition) is 2. The van der Waals surface area contributed by atoms with Gasteiger partial charge in [-0.1, -0.05) is 39.8 Å². The average molecular weight is 247 g/mol. The van der Waals surface area contributed by atoms with E-state index in [0.29, 0.717) is 5.92 Å². The predicted octanol–water partition coefficient (Wildman–Crippen LogP) is 3.62. The van der Waals surface area contributed by atoms with Crippen LogP contribution in [-0.4, -0.2) is 12.1 Å². The summed E-state index contributed by atoms with van der Waals surface area (Å²) in [5.41, 5.74) is 8.66. The minimum atomic E-state index is 0.0813. The molecule has 1 aromatic carbocycles. The molecule has 2 N–H and O–H groups in total. The van der Waals surface area contributed by atoms with E-state index in [1.165, 1.54) is 11.1 Å². The summed E-state index contributed by atoms with van der Waals surface area (Å²) in [6.07, 6.45) is 1.20. The van der Waals surface area contributed by atoms with E-state index < -0.39 is 0 Å². The van der Waals surface area contributed by atoms with Crippen molar-refractivity contribution < 1.29 is 4.74 Å². The number of rotatable bonds is 3. The molecule has 2 unspecified atom stereocenters. The van der Waals surface area contributed by atoms with E-state index in [9.17, 15) is 0 Å². The summed E-state index contributed by atoms with van der Waals surface area (Å²) in [6.45, 7) is 10.9. The van der Waals surface area contributed by atoms with Gasteiger partial charge in [0.05, 0.1) is 0 Å². The molecule has 0 aromatic heterocycles. The second-order valence-corrected chi connectivity index (χ2v) is 6.47. The van der Waals surface area contributed by atoms with Gasteiger partial charge < -0.3 is 10.5 Å². The normalized spacial score (nSPS) is 25.9. The summed E-state index contributed by atoms with van der Waals surface area (Å²) in [7, 11) is 0. The van der Waals surface area contributed by atoms with Crippen LogP contribution in [0.3, 0.4) is 0 Å². The van der Waals surface area contributed by atoms with E-state index >= 15 is 0 Å². The Kier molecular flexibility index (Phi) is 3.41. The zero-order valence-electron chi connectivity index (χ0n) is 12.2. The monoisotopic (exact) mass is 247 g/mol. The lowest BCUT2D eigenvalue weighted by atomic mass is 9.65. The first-order valence-electron chi connectivity index (χ1n) is 6.85. The van der Waals surface area contributed by atoms with E-state index in [1.54, 1.807) is 0 Å². The summed E-state index contributed by atoms with van der Waals surface area (Å²) in [4.78, 5) is 0. The van der Waals surface area contributed by atoms with Crippen LogP contribution in [0.4, 0.5) is 0 Å². The van der Waals surface area contributed by atoms with Gasteiger partial charge in [0.25, 0.3) is 0 Å². The first-order chi connectivity index (χ1) is 8.32. The maximum Gasteiger partial charge on any atom is 0.123 e. The Labute approximate surface area is 111 Å². The summed E-state index contributed by atoms with van der Waals surface area (Å²) < 4.78 is 6.23. The van der Waals surface area contributed by atoms with E-state index in [-0.39, 0.29) is 17.6 Å². The van der Waals surface area contributed by atoms with Gasteiger partial charge in [-0.15, -0.1) is 0 Å². The molecule has 2 nitrogen and oxygen atoms in total. The average Bonchev–Trinajstić information content (AvgIpc) is 2.28. The molecule has 1 aliphatic carbocycles. The highest BCUT2D eigenvalue weighted by Gasteiger charge is 2.48. The second-order valence-electron chi connectivity index (χ2n) is 6.47. The van der Waals surface area contributed by atoms with Gasteiger partial charge in [0.1, 0.15) is 11.9 Å². The van der Waals surface area contributed by atoms with E-state index in [2.05, 4.69) is 52.8 Å². The van der Waals surface area contributed by atoms with Gasteiger partial charge in [0.15, 0.2) is 0 Å². The highest BCUT2D eigenvalue weighted by Crippen LogP contribution is 2.43. The molecular weight excluding hydrogens is 222 g/mol. The molecule has 0 heterocycles. The van der Waals surface area contributed by atoms with Crippen LogP contribution in [0.2, 0.25) is 0 Å². The predicted molar refractivity (Wildman–Crippen MR) is 76.1 cm³/mol. The Bertz CT molecular complexity index is 437. The molecular formula is C16H25NO. The third-order valence-electron chi connectivity index (χ3n) is 4.31. The van der Waals surface area contributed by atoms with Crippen molar-refractivity contribution in [2.75, 3.05) is 0 Å². The van der Waals surface area contributed by atoms with Crippen molar-refractivity contribution in [1.82, 2.24) is 0 Å². The molecule has 0 amide bonds. The number of aryl methyl sites for hydroxylation is 1. The van der Waals surface area contributed by atoms with Crippen LogP contribution in [0, 0.1) is 12.3 Å². The van der Waals surface area contributed by atoms with Crippen molar-refractivity contribution in [2.24, 2.45) is 11.1 Å². The van der Waals surface area contributed by atoms with Gasteiger partial charge in [0, 0.05) is 17.9 Å².